The summed E-state index contributed by atoms with van der Waals surface area (Å²) in [6.45, 7) is 11.0. The standard InChI is InChI=1S/C15H28N4S/c1-15(2,3)13-12(9-16-4)20-14(17-13)11-10-18(5)7-8-19(11)6/h11,16H,7-10H2,1-6H3. The Labute approximate surface area is 127 Å². The zero-order valence-electron chi connectivity index (χ0n) is 13.7. The van der Waals surface area contributed by atoms with Gasteiger partial charge in [0.25, 0.3) is 0 Å². The van der Waals surface area contributed by atoms with Crippen molar-refractivity contribution in [1.82, 2.24) is 20.1 Å². The molecular weight excluding hydrogens is 268 g/mol. The van der Waals surface area contributed by atoms with Crippen molar-refractivity contribution in [3.8, 4) is 0 Å². The monoisotopic (exact) mass is 296 g/mol. The molecule has 1 fully saturated rings. The first-order valence-corrected chi connectivity index (χ1v) is 8.18. The minimum Gasteiger partial charge on any atom is -0.315 e. The van der Waals surface area contributed by atoms with Crippen LogP contribution in [0.1, 0.15) is 42.4 Å². The van der Waals surface area contributed by atoms with Crippen molar-refractivity contribution in [2.45, 2.75) is 38.8 Å². The quantitative estimate of drug-likeness (QED) is 0.925. The van der Waals surface area contributed by atoms with Crippen LogP contribution >= 0.6 is 11.3 Å². The molecule has 5 heteroatoms. The first-order valence-electron chi connectivity index (χ1n) is 7.36. The Morgan fingerprint density at radius 2 is 2.00 bits per heavy atom. The third-order valence-corrected chi connectivity index (χ3v) is 5.05. The largest absolute Gasteiger partial charge is 0.315 e. The molecule has 1 aromatic heterocycles. The molecule has 1 saturated heterocycles. The number of nitrogens with one attached hydrogen (secondary N) is 1. The number of aromatic nitrogens is 1. The van der Waals surface area contributed by atoms with E-state index in [1.165, 1.54) is 15.6 Å². The molecule has 0 aromatic carbocycles. The van der Waals surface area contributed by atoms with Gasteiger partial charge in [0.2, 0.25) is 0 Å². The number of likely N-dealkylation sites (N-methyl/N-ethyl adjacent to an activating group) is 2. The molecule has 0 bridgehead atoms. The maximum atomic E-state index is 5.02. The van der Waals surface area contributed by atoms with E-state index in [0.29, 0.717) is 6.04 Å². The molecule has 20 heavy (non-hydrogen) atoms. The van der Waals surface area contributed by atoms with Crippen molar-refractivity contribution >= 4 is 11.3 Å². The molecule has 0 saturated carbocycles. The van der Waals surface area contributed by atoms with Crippen LogP contribution in [0.5, 0.6) is 0 Å². The summed E-state index contributed by atoms with van der Waals surface area (Å²) in [6.07, 6.45) is 0. The van der Waals surface area contributed by atoms with Crippen LogP contribution in [-0.4, -0.2) is 55.6 Å². The van der Waals surface area contributed by atoms with Gasteiger partial charge in [-0.05, 0) is 21.1 Å². The second kappa shape index (κ2) is 6.10. The zero-order valence-corrected chi connectivity index (χ0v) is 14.5. The third-order valence-electron chi connectivity index (χ3n) is 3.90. The highest BCUT2D eigenvalue weighted by Gasteiger charge is 2.30. The third kappa shape index (κ3) is 3.39. The lowest BCUT2D eigenvalue weighted by atomic mass is 9.91. The molecule has 1 N–H and O–H groups in total. The minimum absolute atomic E-state index is 0.111. The lowest BCUT2D eigenvalue weighted by Crippen LogP contribution is -2.44. The molecule has 0 radical (unpaired) electrons. The molecule has 114 valence electrons. The molecule has 1 atom stereocenters. The zero-order chi connectivity index (χ0) is 14.9. The first kappa shape index (κ1) is 15.9. The maximum Gasteiger partial charge on any atom is 0.112 e. The summed E-state index contributed by atoms with van der Waals surface area (Å²) in [6, 6.07) is 0.436. The van der Waals surface area contributed by atoms with Crippen LogP contribution in [-0.2, 0) is 12.0 Å². The Hall–Kier alpha value is -0.490. The second-order valence-corrected chi connectivity index (χ2v) is 7.98. The Morgan fingerprint density at radius 1 is 1.30 bits per heavy atom. The van der Waals surface area contributed by atoms with Crippen LogP contribution in [0, 0.1) is 0 Å². The van der Waals surface area contributed by atoms with Gasteiger partial charge in [0.05, 0.1) is 11.7 Å². The summed E-state index contributed by atoms with van der Waals surface area (Å²) in [5.41, 5.74) is 1.37. The van der Waals surface area contributed by atoms with Gasteiger partial charge in [-0.15, -0.1) is 11.3 Å². The first-order chi connectivity index (χ1) is 9.32. The minimum atomic E-state index is 0.111. The van der Waals surface area contributed by atoms with Crippen molar-refractivity contribution < 1.29 is 0 Å². The number of rotatable bonds is 3. The van der Waals surface area contributed by atoms with Crippen LogP contribution in [0.3, 0.4) is 0 Å². The van der Waals surface area contributed by atoms with E-state index in [9.17, 15) is 0 Å². The molecule has 1 aromatic rings. The topological polar surface area (TPSA) is 31.4 Å². The molecule has 0 aliphatic carbocycles. The Kier molecular flexibility index (Phi) is 4.84. The van der Waals surface area contributed by atoms with Gasteiger partial charge in [-0.2, -0.15) is 0 Å². The number of hydrogen-bond acceptors (Lipinski definition) is 5. The van der Waals surface area contributed by atoms with Gasteiger partial charge < -0.3 is 10.2 Å². The number of piperazine rings is 1. The van der Waals surface area contributed by atoms with Gasteiger partial charge in [0.1, 0.15) is 5.01 Å². The molecule has 2 heterocycles. The van der Waals surface area contributed by atoms with Crippen molar-refractivity contribution in [3.63, 3.8) is 0 Å². The number of thiazole rings is 1. The molecular formula is C15H28N4S. The normalized spacial score (nSPS) is 22.4. The van der Waals surface area contributed by atoms with E-state index < -0.39 is 0 Å². The van der Waals surface area contributed by atoms with Crippen molar-refractivity contribution in [2.24, 2.45) is 0 Å². The molecule has 4 nitrogen and oxygen atoms in total. The van der Waals surface area contributed by atoms with E-state index in [0.717, 1.165) is 26.2 Å². The predicted molar refractivity (Wildman–Crippen MR) is 86.4 cm³/mol. The lowest BCUT2D eigenvalue weighted by Gasteiger charge is -2.36. The second-order valence-electron chi connectivity index (χ2n) is 6.86. The highest BCUT2D eigenvalue weighted by molar-refractivity contribution is 7.11. The summed E-state index contributed by atoms with van der Waals surface area (Å²) in [5, 5.41) is 4.55. The summed E-state index contributed by atoms with van der Waals surface area (Å²) >= 11 is 1.88. The van der Waals surface area contributed by atoms with Crippen molar-refractivity contribution in [3.05, 3.63) is 15.6 Å². The Morgan fingerprint density at radius 3 is 2.60 bits per heavy atom. The highest BCUT2D eigenvalue weighted by atomic mass is 32.1. The fourth-order valence-electron chi connectivity index (χ4n) is 2.66. The summed E-state index contributed by atoms with van der Waals surface area (Å²) in [5.74, 6) is 0. The number of hydrogen-bond donors (Lipinski definition) is 1. The summed E-state index contributed by atoms with van der Waals surface area (Å²) in [4.78, 5) is 11.2. The fraction of sp³-hybridized carbons (Fsp3) is 0.800. The average molecular weight is 296 g/mol. The Balaban J connectivity index is 2.32. The van der Waals surface area contributed by atoms with Gasteiger partial charge in [-0.1, -0.05) is 20.8 Å². The van der Waals surface area contributed by atoms with Crippen molar-refractivity contribution in [2.75, 3.05) is 40.8 Å². The van der Waals surface area contributed by atoms with Gasteiger partial charge >= 0.3 is 0 Å². The Bertz CT molecular complexity index is 449. The molecule has 0 spiro atoms. The van der Waals surface area contributed by atoms with Crippen LogP contribution in [0.25, 0.3) is 0 Å². The fourth-order valence-corrected chi connectivity index (χ4v) is 4.10. The van der Waals surface area contributed by atoms with Crippen LogP contribution in [0.4, 0.5) is 0 Å². The summed E-state index contributed by atoms with van der Waals surface area (Å²) < 4.78 is 0. The van der Waals surface area contributed by atoms with Gasteiger partial charge in [-0.25, -0.2) is 4.98 Å². The van der Waals surface area contributed by atoms with Crippen LogP contribution < -0.4 is 5.32 Å². The molecule has 1 unspecified atom stereocenters. The van der Waals surface area contributed by atoms with Gasteiger partial charge in [0, 0.05) is 36.5 Å². The van der Waals surface area contributed by atoms with E-state index in [2.05, 4.69) is 50.0 Å². The average Bonchev–Trinajstić information content (AvgIpc) is 2.76. The SMILES string of the molecule is CNCc1sc(C2CN(C)CCN2C)nc1C(C)(C)C. The van der Waals surface area contributed by atoms with E-state index in [1.807, 2.05) is 18.4 Å². The van der Waals surface area contributed by atoms with E-state index in [-0.39, 0.29) is 5.41 Å². The molecule has 1 aliphatic rings. The molecule has 1 aliphatic heterocycles. The van der Waals surface area contributed by atoms with Crippen LogP contribution in [0.2, 0.25) is 0 Å². The van der Waals surface area contributed by atoms with Gasteiger partial charge in [-0.3, -0.25) is 4.90 Å². The van der Waals surface area contributed by atoms with Gasteiger partial charge in [0.15, 0.2) is 0 Å². The maximum absolute atomic E-state index is 5.02. The smallest absolute Gasteiger partial charge is 0.112 e. The van der Waals surface area contributed by atoms with E-state index in [1.54, 1.807) is 0 Å². The van der Waals surface area contributed by atoms with E-state index >= 15 is 0 Å². The molecule has 0 amide bonds. The summed E-state index contributed by atoms with van der Waals surface area (Å²) in [7, 11) is 6.42. The lowest BCUT2D eigenvalue weighted by molar-refractivity contribution is 0.114. The van der Waals surface area contributed by atoms with Crippen LogP contribution in [0.15, 0.2) is 0 Å². The number of nitrogens with zero attached hydrogens (tertiary/aromatic N) is 3. The predicted octanol–water partition coefficient (Wildman–Crippen LogP) is 2.08. The molecule has 2 rings (SSSR count). The van der Waals surface area contributed by atoms with Crippen molar-refractivity contribution in [1.29, 1.82) is 0 Å². The van der Waals surface area contributed by atoms with E-state index in [4.69, 9.17) is 4.98 Å². The highest BCUT2D eigenvalue weighted by Crippen LogP contribution is 2.34.